The van der Waals surface area contributed by atoms with Crippen molar-refractivity contribution in [2.45, 2.75) is 148 Å². The Morgan fingerprint density at radius 3 is 1.45 bits per heavy atom. The van der Waals surface area contributed by atoms with E-state index in [1.165, 1.54) is 128 Å². The summed E-state index contributed by atoms with van der Waals surface area (Å²) >= 11 is 0. The van der Waals surface area contributed by atoms with Gasteiger partial charge in [-0.1, -0.05) is 122 Å². The molecule has 1 heterocycles. The highest BCUT2D eigenvalue weighted by atomic mass is 15.3. The van der Waals surface area contributed by atoms with Gasteiger partial charge in [-0.05, 0) is 13.3 Å². The Bertz CT molecular complexity index is 378. The van der Waals surface area contributed by atoms with Crippen LogP contribution in [0, 0.1) is 0 Å². The van der Waals surface area contributed by atoms with Crippen LogP contribution < -0.4 is 5.73 Å². The number of aliphatic imine (C=N–C) groups is 1. The summed E-state index contributed by atoms with van der Waals surface area (Å²) in [5, 5.41) is 0. The van der Waals surface area contributed by atoms with Gasteiger partial charge in [0.1, 0.15) is 5.84 Å². The standard InChI is InChI=1S/C26H53N3/c1-3-4-5-6-7-8-9-10-11-12-13-14-15-16-17-18-19-20-21-22-26-28-23-24-29(26)25(2)27/h25H,3-24,27H2,1-2H3. The SMILES string of the molecule is CCCCCCCCCCCCCCCCCCCCCC1=NCCN1C(C)N. The number of nitrogens with two attached hydrogens (primary N) is 1. The van der Waals surface area contributed by atoms with Gasteiger partial charge in [0.15, 0.2) is 0 Å². The lowest BCUT2D eigenvalue weighted by Crippen LogP contribution is -2.41. The largest absolute Gasteiger partial charge is 0.343 e. The summed E-state index contributed by atoms with van der Waals surface area (Å²) in [5.74, 6) is 1.26. The Balaban J connectivity index is 1.72. The van der Waals surface area contributed by atoms with Gasteiger partial charge in [0.25, 0.3) is 0 Å². The van der Waals surface area contributed by atoms with Crippen molar-refractivity contribution in [2.75, 3.05) is 13.1 Å². The van der Waals surface area contributed by atoms with Crippen LogP contribution in [0.3, 0.4) is 0 Å². The molecule has 2 N–H and O–H groups in total. The van der Waals surface area contributed by atoms with Crippen LogP contribution in [0.4, 0.5) is 0 Å². The highest BCUT2D eigenvalue weighted by Gasteiger charge is 2.18. The molecule has 1 atom stereocenters. The van der Waals surface area contributed by atoms with Gasteiger partial charge in [-0.2, -0.15) is 0 Å². The van der Waals surface area contributed by atoms with Crippen molar-refractivity contribution in [1.82, 2.24) is 4.90 Å². The lowest BCUT2D eigenvalue weighted by atomic mass is 10.0. The predicted octanol–water partition coefficient (Wildman–Crippen LogP) is 7.83. The molecule has 0 aromatic rings. The zero-order chi connectivity index (χ0) is 21.0. The second-order valence-corrected chi connectivity index (χ2v) is 9.35. The molecule has 172 valence electrons. The molecule has 1 rings (SSSR count). The predicted molar refractivity (Wildman–Crippen MR) is 131 cm³/mol. The fourth-order valence-electron chi connectivity index (χ4n) is 4.53. The molecule has 0 spiro atoms. The van der Waals surface area contributed by atoms with Crippen molar-refractivity contribution in [3.8, 4) is 0 Å². The number of unbranched alkanes of at least 4 members (excludes halogenated alkanes) is 18. The molecule has 0 saturated heterocycles. The summed E-state index contributed by atoms with van der Waals surface area (Å²) in [6.45, 7) is 6.32. The summed E-state index contributed by atoms with van der Waals surface area (Å²) in [7, 11) is 0. The van der Waals surface area contributed by atoms with E-state index in [0.29, 0.717) is 0 Å². The minimum absolute atomic E-state index is 0.122. The third kappa shape index (κ3) is 15.0. The van der Waals surface area contributed by atoms with Gasteiger partial charge >= 0.3 is 0 Å². The van der Waals surface area contributed by atoms with E-state index in [4.69, 9.17) is 5.73 Å². The third-order valence-corrected chi connectivity index (χ3v) is 6.46. The first-order valence-corrected chi connectivity index (χ1v) is 13.3. The van der Waals surface area contributed by atoms with E-state index in [1.54, 1.807) is 0 Å². The molecule has 1 aliphatic heterocycles. The van der Waals surface area contributed by atoms with Gasteiger partial charge in [-0.25, -0.2) is 0 Å². The van der Waals surface area contributed by atoms with E-state index in [9.17, 15) is 0 Å². The van der Waals surface area contributed by atoms with E-state index in [-0.39, 0.29) is 6.17 Å². The van der Waals surface area contributed by atoms with Gasteiger partial charge in [-0.15, -0.1) is 0 Å². The molecule has 29 heavy (non-hydrogen) atoms. The molecule has 0 amide bonds. The molecule has 3 heteroatoms. The topological polar surface area (TPSA) is 41.6 Å². The summed E-state index contributed by atoms with van der Waals surface area (Å²) in [6, 6.07) is 0. The van der Waals surface area contributed by atoms with Crippen LogP contribution in [0.5, 0.6) is 0 Å². The first kappa shape index (κ1) is 26.5. The van der Waals surface area contributed by atoms with Crippen molar-refractivity contribution >= 4 is 5.84 Å². The van der Waals surface area contributed by atoms with Crippen molar-refractivity contribution in [3.05, 3.63) is 0 Å². The molecule has 0 fully saturated rings. The molecule has 0 aliphatic carbocycles. The highest BCUT2D eigenvalue weighted by Crippen LogP contribution is 2.16. The van der Waals surface area contributed by atoms with Gasteiger partial charge in [0.2, 0.25) is 0 Å². The molecule has 0 saturated carbocycles. The zero-order valence-electron chi connectivity index (χ0n) is 20.1. The van der Waals surface area contributed by atoms with Crippen molar-refractivity contribution in [1.29, 1.82) is 0 Å². The average molecular weight is 408 g/mol. The summed E-state index contributed by atoms with van der Waals surface area (Å²) in [4.78, 5) is 6.89. The first-order chi connectivity index (χ1) is 14.3. The smallest absolute Gasteiger partial charge is 0.100 e. The van der Waals surface area contributed by atoms with Crippen molar-refractivity contribution in [3.63, 3.8) is 0 Å². The van der Waals surface area contributed by atoms with Crippen LogP contribution in [-0.4, -0.2) is 30.0 Å². The fraction of sp³-hybridized carbons (Fsp3) is 0.962. The van der Waals surface area contributed by atoms with Crippen molar-refractivity contribution in [2.24, 2.45) is 10.7 Å². The Kier molecular flexibility index (Phi) is 17.7. The Morgan fingerprint density at radius 1 is 0.690 bits per heavy atom. The fourth-order valence-corrected chi connectivity index (χ4v) is 4.53. The molecule has 1 unspecified atom stereocenters. The number of nitrogens with zero attached hydrogens (tertiary/aromatic N) is 2. The molecule has 0 radical (unpaired) electrons. The summed E-state index contributed by atoms with van der Waals surface area (Å²) in [6.07, 6.45) is 28.5. The van der Waals surface area contributed by atoms with Crippen LogP contribution in [0.1, 0.15) is 142 Å². The Hall–Kier alpha value is -0.570. The normalized spacial score (nSPS) is 15.1. The number of hydrogen-bond acceptors (Lipinski definition) is 3. The van der Waals surface area contributed by atoms with Crippen LogP contribution in [0.2, 0.25) is 0 Å². The van der Waals surface area contributed by atoms with Crippen molar-refractivity contribution < 1.29 is 0 Å². The maximum Gasteiger partial charge on any atom is 0.100 e. The van der Waals surface area contributed by atoms with Gasteiger partial charge in [-0.3, -0.25) is 4.99 Å². The maximum absolute atomic E-state index is 6.01. The minimum atomic E-state index is 0.122. The molecule has 3 nitrogen and oxygen atoms in total. The van der Waals surface area contributed by atoms with Crippen LogP contribution in [0.25, 0.3) is 0 Å². The van der Waals surface area contributed by atoms with Gasteiger partial charge in [0, 0.05) is 13.0 Å². The van der Waals surface area contributed by atoms with Gasteiger partial charge < -0.3 is 10.6 Å². The first-order valence-electron chi connectivity index (χ1n) is 13.3. The van der Waals surface area contributed by atoms with E-state index in [2.05, 4.69) is 23.7 Å². The number of hydrogen-bond donors (Lipinski definition) is 1. The number of amidine groups is 1. The molecule has 0 aromatic heterocycles. The monoisotopic (exact) mass is 407 g/mol. The van der Waals surface area contributed by atoms with Crippen LogP contribution >= 0.6 is 0 Å². The average Bonchev–Trinajstić information content (AvgIpc) is 3.18. The highest BCUT2D eigenvalue weighted by molar-refractivity contribution is 5.83. The van der Waals surface area contributed by atoms with E-state index >= 15 is 0 Å². The molecular formula is C26H53N3. The molecule has 0 bridgehead atoms. The lowest BCUT2D eigenvalue weighted by molar-refractivity contribution is 0.358. The Labute approximate surface area is 183 Å². The van der Waals surface area contributed by atoms with E-state index in [0.717, 1.165) is 19.5 Å². The number of rotatable bonds is 21. The quantitative estimate of drug-likeness (QED) is 0.197. The maximum atomic E-state index is 6.01. The summed E-state index contributed by atoms with van der Waals surface area (Å²) < 4.78 is 0. The van der Waals surface area contributed by atoms with E-state index in [1.807, 2.05) is 0 Å². The summed E-state index contributed by atoms with van der Waals surface area (Å²) in [5.41, 5.74) is 6.01. The third-order valence-electron chi connectivity index (χ3n) is 6.46. The second kappa shape index (κ2) is 19.4. The zero-order valence-corrected chi connectivity index (χ0v) is 20.1. The molecule has 1 aliphatic rings. The van der Waals surface area contributed by atoms with Crippen LogP contribution in [0.15, 0.2) is 4.99 Å². The lowest BCUT2D eigenvalue weighted by Gasteiger charge is -2.24. The minimum Gasteiger partial charge on any atom is -0.343 e. The van der Waals surface area contributed by atoms with Gasteiger partial charge in [0.05, 0.1) is 12.7 Å². The van der Waals surface area contributed by atoms with E-state index < -0.39 is 0 Å². The molecular weight excluding hydrogens is 354 g/mol. The van der Waals surface area contributed by atoms with Crippen LogP contribution in [-0.2, 0) is 0 Å². The Morgan fingerprint density at radius 2 is 1.07 bits per heavy atom. The molecule has 0 aromatic carbocycles. The second-order valence-electron chi connectivity index (χ2n) is 9.35.